The first-order valence-corrected chi connectivity index (χ1v) is 11.7. The molecule has 1 N–H and O–H groups in total. The smallest absolute Gasteiger partial charge is 0.242 e. The SMILES string of the molecule is COc1ccc(-n2ccnc2SC(C)C(=O)Nc2cccc(S(=O)(=O)N(C)C)c2)cc1. The number of rotatable bonds is 8. The summed E-state index contributed by atoms with van der Waals surface area (Å²) in [5, 5.41) is 2.98. The lowest BCUT2D eigenvalue weighted by Gasteiger charge is -2.15. The molecule has 164 valence electrons. The maximum atomic E-state index is 12.7. The number of ether oxygens (including phenoxy) is 1. The molecule has 2 aromatic carbocycles. The molecule has 3 rings (SSSR count). The van der Waals surface area contributed by atoms with Gasteiger partial charge in [-0.3, -0.25) is 9.36 Å². The summed E-state index contributed by atoms with van der Waals surface area (Å²) in [4.78, 5) is 17.2. The van der Waals surface area contributed by atoms with E-state index in [4.69, 9.17) is 4.74 Å². The summed E-state index contributed by atoms with van der Waals surface area (Å²) in [5.74, 6) is 0.498. The van der Waals surface area contributed by atoms with Crippen LogP contribution < -0.4 is 10.1 Å². The van der Waals surface area contributed by atoms with Crippen LogP contribution in [0.4, 0.5) is 5.69 Å². The van der Waals surface area contributed by atoms with Gasteiger partial charge in [0.15, 0.2) is 5.16 Å². The van der Waals surface area contributed by atoms with Gasteiger partial charge in [0.25, 0.3) is 0 Å². The second-order valence-electron chi connectivity index (χ2n) is 6.84. The fourth-order valence-corrected chi connectivity index (χ4v) is 4.55. The first kappa shape index (κ1) is 22.9. The van der Waals surface area contributed by atoms with Gasteiger partial charge in [-0.1, -0.05) is 17.8 Å². The summed E-state index contributed by atoms with van der Waals surface area (Å²) >= 11 is 1.31. The van der Waals surface area contributed by atoms with Crippen molar-refractivity contribution in [2.75, 3.05) is 26.5 Å². The number of imidazole rings is 1. The van der Waals surface area contributed by atoms with Crippen LogP contribution >= 0.6 is 11.8 Å². The first-order chi connectivity index (χ1) is 14.7. The van der Waals surface area contributed by atoms with Crippen LogP contribution in [-0.4, -0.2) is 54.6 Å². The summed E-state index contributed by atoms with van der Waals surface area (Å²) in [5.41, 5.74) is 1.31. The molecule has 8 nitrogen and oxygen atoms in total. The lowest BCUT2D eigenvalue weighted by atomic mass is 10.3. The number of nitrogens with zero attached hydrogens (tertiary/aromatic N) is 3. The molecule has 31 heavy (non-hydrogen) atoms. The van der Waals surface area contributed by atoms with Crippen LogP contribution in [0.2, 0.25) is 0 Å². The third-order valence-corrected chi connectivity index (χ3v) is 7.38. The van der Waals surface area contributed by atoms with E-state index in [1.807, 2.05) is 35.0 Å². The number of aromatic nitrogens is 2. The predicted octanol–water partition coefficient (Wildman–Crippen LogP) is 3.25. The molecule has 0 bridgehead atoms. The van der Waals surface area contributed by atoms with E-state index in [1.165, 1.54) is 38.0 Å². The van der Waals surface area contributed by atoms with E-state index in [9.17, 15) is 13.2 Å². The monoisotopic (exact) mass is 460 g/mol. The molecular formula is C21H24N4O4S2. The van der Waals surface area contributed by atoms with Crippen LogP contribution in [0.25, 0.3) is 5.69 Å². The van der Waals surface area contributed by atoms with E-state index in [-0.39, 0.29) is 10.8 Å². The van der Waals surface area contributed by atoms with Crippen LogP contribution in [0.1, 0.15) is 6.92 Å². The van der Waals surface area contributed by atoms with Crippen molar-refractivity contribution < 1.29 is 17.9 Å². The molecule has 1 unspecified atom stereocenters. The van der Waals surface area contributed by atoms with Crippen LogP contribution in [0.3, 0.4) is 0 Å². The van der Waals surface area contributed by atoms with Crippen LogP contribution in [0.5, 0.6) is 5.75 Å². The molecule has 3 aromatic rings. The number of nitrogens with one attached hydrogen (secondary N) is 1. The van der Waals surface area contributed by atoms with Gasteiger partial charge in [0.1, 0.15) is 5.75 Å². The van der Waals surface area contributed by atoms with Gasteiger partial charge in [0.05, 0.1) is 17.3 Å². The van der Waals surface area contributed by atoms with Crippen molar-refractivity contribution in [3.05, 3.63) is 60.9 Å². The number of methoxy groups -OCH3 is 1. The summed E-state index contributed by atoms with van der Waals surface area (Å²) in [6.45, 7) is 1.77. The number of benzene rings is 2. The Morgan fingerprint density at radius 1 is 1.19 bits per heavy atom. The summed E-state index contributed by atoms with van der Waals surface area (Å²) in [6, 6.07) is 13.7. The lowest BCUT2D eigenvalue weighted by molar-refractivity contribution is -0.115. The van der Waals surface area contributed by atoms with Crippen molar-refractivity contribution in [2.45, 2.75) is 22.2 Å². The summed E-state index contributed by atoms with van der Waals surface area (Å²) < 4.78 is 32.8. The standard InChI is InChI=1S/C21H24N4O4S2/c1-15(20(26)23-16-6-5-7-19(14-16)31(27,28)24(2)3)30-21-22-12-13-25(21)17-8-10-18(29-4)11-9-17/h5-15H,1-4H3,(H,23,26). The Hall–Kier alpha value is -2.82. The van der Waals surface area contributed by atoms with Crippen molar-refractivity contribution in [3.63, 3.8) is 0 Å². The van der Waals surface area contributed by atoms with Gasteiger partial charge in [-0.05, 0) is 49.4 Å². The number of carbonyl (C=O) groups excluding carboxylic acids is 1. The van der Waals surface area contributed by atoms with Gasteiger partial charge in [0, 0.05) is 37.9 Å². The molecule has 0 radical (unpaired) electrons. The van der Waals surface area contributed by atoms with Gasteiger partial charge >= 0.3 is 0 Å². The molecule has 0 aliphatic rings. The zero-order valence-corrected chi connectivity index (χ0v) is 19.3. The van der Waals surface area contributed by atoms with E-state index in [0.29, 0.717) is 10.8 Å². The van der Waals surface area contributed by atoms with E-state index >= 15 is 0 Å². The third-order valence-electron chi connectivity index (χ3n) is 4.49. The quantitative estimate of drug-likeness (QED) is 0.519. The number of hydrogen-bond acceptors (Lipinski definition) is 6. The first-order valence-electron chi connectivity index (χ1n) is 9.40. The maximum Gasteiger partial charge on any atom is 0.242 e. The number of hydrogen-bond donors (Lipinski definition) is 1. The highest BCUT2D eigenvalue weighted by Crippen LogP contribution is 2.27. The highest BCUT2D eigenvalue weighted by Gasteiger charge is 2.20. The molecule has 1 aromatic heterocycles. The summed E-state index contributed by atoms with van der Waals surface area (Å²) in [6.07, 6.45) is 3.50. The van der Waals surface area contributed by atoms with E-state index in [0.717, 1.165) is 15.7 Å². The second-order valence-corrected chi connectivity index (χ2v) is 10.3. The number of thioether (sulfide) groups is 1. The molecule has 1 amide bonds. The fourth-order valence-electron chi connectivity index (χ4n) is 2.72. The van der Waals surface area contributed by atoms with Gasteiger partial charge < -0.3 is 10.1 Å². The minimum atomic E-state index is -3.58. The molecular weight excluding hydrogens is 436 g/mol. The number of carbonyl (C=O) groups is 1. The molecule has 0 fully saturated rings. The average Bonchev–Trinajstić information content (AvgIpc) is 3.21. The number of sulfonamides is 1. The van der Waals surface area contributed by atoms with Crippen LogP contribution in [-0.2, 0) is 14.8 Å². The zero-order chi connectivity index (χ0) is 22.6. The molecule has 0 saturated heterocycles. The highest BCUT2D eigenvalue weighted by atomic mass is 32.2. The van der Waals surface area contributed by atoms with E-state index < -0.39 is 15.3 Å². The van der Waals surface area contributed by atoms with Crippen molar-refractivity contribution in [3.8, 4) is 11.4 Å². The van der Waals surface area contributed by atoms with Gasteiger partial charge in [-0.15, -0.1) is 0 Å². The Kier molecular flexibility index (Phi) is 7.04. The zero-order valence-electron chi connectivity index (χ0n) is 17.6. The predicted molar refractivity (Wildman–Crippen MR) is 121 cm³/mol. The van der Waals surface area contributed by atoms with Crippen LogP contribution in [0.15, 0.2) is 71.0 Å². The lowest BCUT2D eigenvalue weighted by Crippen LogP contribution is -2.24. The molecule has 0 spiro atoms. The molecule has 0 aliphatic heterocycles. The van der Waals surface area contributed by atoms with Crippen LogP contribution in [0, 0.1) is 0 Å². The van der Waals surface area contributed by atoms with E-state index in [1.54, 1.807) is 32.4 Å². The Bertz CT molecular complexity index is 1160. The van der Waals surface area contributed by atoms with E-state index in [2.05, 4.69) is 10.3 Å². The fraction of sp³-hybridized carbons (Fsp3) is 0.238. The van der Waals surface area contributed by atoms with Crippen molar-refractivity contribution in [2.24, 2.45) is 0 Å². The second kappa shape index (κ2) is 9.54. The Balaban J connectivity index is 1.72. The van der Waals surface area contributed by atoms with Gasteiger partial charge in [0.2, 0.25) is 15.9 Å². The Labute approximate surface area is 186 Å². The molecule has 10 heteroatoms. The van der Waals surface area contributed by atoms with Gasteiger partial charge in [-0.25, -0.2) is 17.7 Å². The molecule has 0 aliphatic carbocycles. The maximum absolute atomic E-state index is 12.7. The normalized spacial score (nSPS) is 12.5. The van der Waals surface area contributed by atoms with Crippen molar-refractivity contribution >= 4 is 33.4 Å². The average molecular weight is 461 g/mol. The minimum Gasteiger partial charge on any atom is -0.497 e. The minimum absolute atomic E-state index is 0.116. The van der Waals surface area contributed by atoms with Gasteiger partial charge in [-0.2, -0.15) is 0 Å². The summed E-state index contributed by atoms with van der Waals surface area (Å²) in [7, 11) is 0.952. The molecule has 1 heterocycles. The molecule has 0 saturated carbocycles. The number of anilines is 1. The largest absolute Gasteiger partial charge is 0.497 e. The van der Waals surface area contributed by atoms with Crippen molar-refractivity contribution in [1.82, 2.24) is 13.9 Å². The number of amides is 1. The Morgan fingerprint density at radius 3 is 2.55 bits per heavy atom. The molecule has 1 atom stereocenters. The third kappa shape index (κ3) is 5.27. The highest BCUT2D eigenvalue weighted by molar-refractivity contribution is 8.00. The Morgan fingerprint density at radius 2 is 1.90 bits per heavy atom. The topological polar surface area (TPSA) is 93.5 Å². The van der Waals surface area contributed by atoms with Crippen molar-refractivity contribution in [1.29, 1.82) is 0 Å².